The molecular formula is C20H29F3N2O4. The number of rotatable bonds is 7. The van der Waals surface area contributed by atoms with Gasteiger partial charge >= 0.3 is 18.1 Å². The summed E-state index contributed by atoms with van der Waals surface area (Å²) < 4.78 is 36.6. The maximum atomic E-state index is 11.8. The van der Waals surface area contributed by atoms with Crippen LogP contribution >= 0.6 is 0 Å². The average Bonchev–Trinajstić information content (AvgIpc) is 2.69. The number of hydrogen-bond acceptors (Lipinski definition) is 5. The molecule has 0 spiro atoms. The molecule has 1 aliphatic heterocycles. The van der Waals surface area contributed by atoms with Crippen LogP contribution < -0.4 is 5.32 Å². The van der Waals surface area contributed by atoms with Crippen molar-refractivity contribution in [3.63, 3.8) is 0 Å². The Morgan fingerprint density at radius 2 is 1.93 bits per heavy atom. The first-order chi connectivity index (χ1) is 13.7. The van der Waals surface area contributed by atoms with E-state index < -0.39 is 12.1 Å². The largest absolute Gasteiger partial charge is 0.490 e. The SMILES string of the molecule is CCC(c1ccccc1)N(CC(=O)OC)CC1CCCNC1.O=C(O)C(F)(F)F. The quantitative estimate of drug-likeness (QED) is 0.662. The second kappa shape index (κ2) is 12.4. The molecule has 6 nitrogen and oxygen atoms in total. The van der Waals surface area contributed by atoms with E-state index in [0.717, 1.165) is 26.1 Å². The first-order valence-corrected chi connectivity index (χ1v) is 9.55. The fourth-order valence-electron chi connectivity index (χ4n) is 3.32. The molecule has 1 fully saturated rings. The van der Waals surface area contributed by atoms with Crippen molar-refractivity contribution in [2.45, 2.75) is 38.4 Å². The van der Waals surface area contributed by atoms with Gasteiger partial charge in [0.05, 0.1) is 13.7 Å². The zero-order valence-electron chi connectivity index (χ0n) is 16.7. The van der Waals surface area contributed by atoms with Crippen LogP contribution in [0.3, 0.4) is 0 Å². The minimum absolute atomic E-state index is 0.154. The van der Waals surface area contributed by atoms with Crippen molar-refractivity contribution in [3.05, 3.63) is 35.9 Å². The molecule has 0 saturated carbocycles. The predicted octanol–water partition coefficient (Wildman–Crippen LogP) is 3.25. The molecule has 1 heterocycles. The summed E-state index contributed by atoms with van der Waals surface area (Å²) in [4.78, 5) is 23.0. The van der Waals surface area contributed by atoms with Crippen molar-refractivity contribution >= 4 is 11.9 Å². The third kappa shape index (κ3) is 9.27. The van der Waals surface area contributed by atoms with Crippen molar-refractivity contribution in [2.75, 3.05) is 33.3 Å². The van der Waals surface area contributed by atoms with E-state index in [1.54, 1.807) is 0 Å². The minimum Gasteiger partial charge on any atom is -0.475 e. The van der Waals surface area contributed by atoms with Crippen LogP contribution in [-0.4, -0.2) is 61.4 Å². The minimum atomic E-state index is -5.08. The van der Waals surface area contributed by atoms with Gasteiger partial charge in [-0.3, -0.25) is 9.69 Å². The zero-order valence-corrected chi connectivity index (χ0v) is 16.7. The Kier molecular flexibility index (Phi) is 10.7. The third-order valence-corrected chi connectivity index (χ3v) is 4.71. The number of esters is 1. The summed E-state index contributed by atoms with van der Waals surface area (Å²) >= 11 is 0. The number of alkyl halides is 3. The Morgan fingerprint density at radius 1 is 1.31 bits per heavy atom. The van der Waals surface area contributed by atoms with Crippen LogP contribution in [0.4, 0.5) is 13.2 Å². The van der Waals surface area contributed by atoms with Gasteiger partial charge in [0.15, 0.2) is 0 Å². The topological polar surface area (TPSA) is 78.9 Å². The monoisotopic (exact) mass is 418 g/mol. The molecule has 1 aliphatic rings. The van der Waals surface area contributed by atoms with E-state index >= 15 is 0 Å². The van der Waals surface area contributed by atoms with Gasteiger partial charge in [0.25, 0.3) is 0 Å². The Labute approximate surface area is 169 Å². The van der Waals surface area contributed by atoms with Gasteiger partial charge in [-0.25, -0.2) is 4.79 Å². The molecule has 0 aliphatic carbocycles. The highest BCUT2D eigenvalue weighted by Gasteiger charge is 2.38. The molecule has 2 atom stereocenters. The molecule has 2 unspecified atom stereocenters. The van der Waals surface area contributed by atoms with Crippen LogP contribution in [0.2, 0.25) is 0 Å². The van der Waals surface area contributed by atoms with Gasteiger partial charge < -0.3 is 15.2 Å². The van der Waals surface area contributed by atoms with Crippen LogP contribution in [0, 0.1) is 5.92 Å². The van der Waals surface area contributed by atoms with E-state index in [2.05, 4.69) is 41.4 Å². The summed E-state index contributed by atoms with van der Waals surface area (Å²) in [5.41, 5.74) is 1.28. The molecule has 0 radical (unpaired) electrons. The summed E-state index contributed by atoms with van der Waals surface area (Å²) in [6.07, 6.45) is -1.64. The maximum absolute atomic E-state index is 11.8. The second-order valence-electron chi connectivity index (χ2n) is 6.86. The maximum Gasteiger partial charge on any atom is 0.490 e. The number of carboxylic acid groups (broad SMARTS) is 1. The molecular weight excluding hydrogens is 389 g/mol. The molecule has 164 valence electrons. The number of aliphatic carboxylic acids is 1. The molecule has 0 aromatic heterocycles. The van der Waals surface area contributed by atoms with Crippen molar-refractivity contribution in [3.8, 4) is 0 Å². The molecule has 29 heavy (non-hydrogen) atoms. The lowest BCUT2D eigenvalue weighted by molar-refractivity contribution is -0.192. The van der Waals surface area contributed by atoms with Crippen LogP contribution in [-0.2, 0) is 14.3 Å². The first-order valence-electron chi connectivity index (χ1n) is 9.55. The fourth-order valence-corrected chi connectivity index (χ4v) is 3.32. The summed E-state index contributed by atoms with van der Waals surface area (Å²) in [6, 6.07) is 10.7. The van der Waals surface area contributed by atoms with Crippen molar-refractivity contribution in [1.82, 2.24) is 10.2 Å². The van der Waals surface area contributed by atoms with Gasteiger partial charge in [0.2, 0.25) is 0 Å². The molecule has 0 bridgehead atoms. The zero-order chi connectivity index (χ0) is 21.9. The molecule has 0 amide bonds. The number of benzene rings is 1. The smallest absolute Gasteiger partial charge is 0.475 e. The number of methoxy groups -OCH3 is 1. The van der Waals surface area contributed by atoms with Gasteiger partial charge in [-0.2, -0.15) is 13.2 Å². The lowest BCUT2D eigenvalue weighted by atomic mass is 9.96. The van der Waals surface area contributed by atoms with E-state index in [0.29, 0.717) is 12.5 Å². The normalized spacial score (nSPS) is 17.8. The molecule has 1 saturated heterocycles. The number of piperidine rings is 1. The third-order valence-electron chi connectivity index (χ3n) is 4.71. The number of nitrogens with one attached hydrogen (secondary N) is 1. The number of hydrogen-bond donors (Lipinski definition) is 2. The van der Waals surface area contributed by atoms with Gasteiger partial charge in [-0.1, -0.05) is 37.3 Å². The van der Waals surface area contributed by atoms with Crippen LogP contribution in [0.1, 0.15) is 37.8 Å². The Hall–Kier alpha value is -2.13. The first kappa shape index (κ1) is 24.9. The summed E-state index contributed by atoms with van der Waals surface area (Å²) in [5, 5.41) is 10.6. The van der Waals surface area contributed by atoms with Crippen molar-refractivity contribution in [2.24, 2.45) is 5.92 Å². The second-order valence-corrected chi connectivity index (χ2v) is 6.86. The summed E-state index contributed by atoms with van der Waals surface area (Å²) in [6.45, 7) is 5.64. The lowest BCUT2D eigenvalue weighted by Crippen LogP contribution is -2.42. The van der Waals surface area contributed by atoms with E-state index in [4.69, 9.17) is 14.6 Å². The Bertz CT molecular complexity index is 620. The van der Waals surface area contributed by atoms with Crippen molar-refractivity contribution < 1.29 is 32.6 Å². The molecule has 9 heteroatoms. The number of carboxylic acids is 1. The number of carbonyl (C=O) groups excluding carboxylic acids is 1. The fraction of sp³-hybridized carbons (Fsp3) is 0.600. The highest BCUT2D eigenvalue weighted by atomic mass is 19.4. The number of halogens is 3. The Morgan fingerprint density at radius 3 is 2.38 bits per heavy atom. The van der Waals surface area contributed by atoms with E-state index in [1.807, 2.05) is 6.07 Å². The highest BCUT2D eigenvalue weighted by Crippen LogP contribution is 2.26. The highest BCUT2D eigenvalue weighted by molar-refractivity contribution is 5.73. The molecule has 2 N–H and O–H groups in total. The van der Waals surface area contributed by atoms with Crippen LogP contribution in [0.15, 0.2) is 30.3 Å². The van der Waals surface area contributed by atoms with Gasteiger partial charge in [0, 0.05) is 12.6 Å². The average molecular weight is 418 g/mol. The van der Waals surface area contributed by atoms with Crippen LogP contribution in [0.25, 0.3) is 0 Å². The molecule has 1 aromatic carbocycles. The van der Waals surface area contributed by atoms with Crippen molar-refractivity contribution in [1.29, 1.82) is 0 Å². The summed E-state index contributed by atoms with van der Waals surface area (Å²) in [5.74, 6) is -2.30. The number of ether oxygens (including phenoxy) is 1. The standard InChI is InChI=1S/C18H28N2O2.C2HF3O2/c1-3-17(16-9-5-4-6-10-16)20(14-18(21)22-2)13-15-8-7-11-19-12-15;3-2(4,5)1(6)7/h4-6,9-10,15,17,19H,3,7-8,11-14H2,1-2H3;(H,6,7). The molecule has 2 rings (SSSR count). The van der Waals surface area contributed by atoms with Gasteiger partial charge in [-0.15, -0.1) is 0 Å². The Balaban J connectivity index is 0.000000516. The van der Waals surface area contributed by atoms with E-state index in [9.17, 15) is 18.0 Å². The summed E-state index contributed by atoms with van der Waals surface area (Å²) in [7, 11) is 1.46. The van der Waals surface area contributed by atoms with Gasteiger partial charge in [0.1, 0.15) is 0 Å². The van der Waals surface area contributed by atoms with E-state index in [1.165, 1.54) is 25.5 Å². The molecule has 1 aromatic rings. The van der Waals surface area contributed by atoms with E-state index in [-0.39, 0.29) is 12.0 Å². The van der Waals surface area contributed by atoms with Gasteiger partial charge in [-0.05, 0) is 43.8 Å². The number of nitrogens with zero attached hydrogens (tertiary/aromatic N) is 1. The van der Waals surface area contributed by atoms with Crippen LogP contribution in [0.5, 0.6) is 0 Å². The predicted molar refractivity (Wildman–Crippen MR) is 102 cm³/mol. The lowest BCUT2D eigenvalue weighted by Gasteiger charge is -2.35. The number of carbonyl (C=O) groups is 2.